The van der Waals surface area contributed by atoms with Crippen LogP contribution in [-0.2, 0) is 4.74 Å². The highest BCUT2D eigenvalue weighted by Crippen LogP contribution is 2.39. The molecule has 2 rings (SSSR count). The molecule has 0 aliphatic carbocycles. The predicted octanol–water partition coefficient (Wildman–Crippen LogP) is 1.61. The van der Waals surface area contributed by atoms with Crippen molar-refractivity contribution in [3.8, 4) is 0 Å². The normalized spacial score (nSPS) is 33.6. The van der Waals surface area contributed by atoms with Gasteiger partial charge in [-0.25, -0.2) is 8.78 Å². The lowest BCUT2D eigenvalue weighted by Gasteiger charge is -2.34. The third-order valence-corrected chi connectivity index (χ3v) is 3.33. The maximum atomic E-state index is 13.5. The van der Waals surface area contributed by atoms with Gasteiger partial charge in [0.2, 0.25) is 0 Å². The number of halogens is 2. The molecular weight excluding hydrogens is 188 g/mol. The highest BCUT2D eigenvalue weighted by Gasteiger charge is 2.51. The van der Waals surface area contributed by atoms with Crippen molar-refractivity contribution in [2.75, 3.05) is 26.3 Å². The largest absolute Gasteiger partial charge is 0.378 e. The van der Waals surface area contributed by atoms with Crippen LogP contribution in [0.2, 0.25) is 0 Å². The Morgan fingerprint density at radius 1 is 1.36 bits per heavy atom. The van der Waals surface area contributed by atoms with E-state index in [0.717, 1.165) is 0 Å². The van der Waals surface area contributed by atoms with Crippen LogP contribution in [0.4, 0.5) is 8.78 Å². The summed E-state index contributed by atoms with van der Waals surface area (Å²) in [6.07, 6.45) is 0. The summed E-state index contributed by atoms with van der Waals surface area (Å²) in [6, 6.07) is 0.240. The quantitative estimate of drug-likeness (QED) is 0.679. The molecule has 0 aromatic heterocycles. The van der Waals surface area contributed by atoms with E-state index < -0.39 is 11.8 Å². The SMILES string of the molecule is CC(C)C1CN(C2COC2)CC1(F)F. The van der Waals surface area contributed by atoms with E-state index in [1.165, 1.54) is 0 Å². The summed E-state index contributed by atoms with van der Waals surface area (Å²) < 4.78 is 32.1. The van der Waals surface area contributed by atoms with Gasteiger partial charge in [-0.15, -0.1) is 0 Å². The maximum Gasteiger partial charge on any atom is 0.264 e. The zero-order valence-corrected chi connectivity index (χ0v) is 8.67. The summed E-state index contributed by atoms with van der Waals surface area (Å²) in [6.45, 7) is 5.45. The maximum absolute atomic E-state index is 13.5. The number of nitrogens with zero attached hydrogens (tertiary/aromatic N) is 1. The fraction of sp³-hybridized carbons (Fsp3) is 1.00. The molecule has 2 aliphatic rings. The number of rotatable bonds is 2. The summed E-state index contributed by atoms with van der Waals surface area (Å²) in [5.41, 5.74) is 0. The minimum atomic E-state index is -2.51. The summed E-state index contributed by atoms with van der Waals surface area (Å²) in [5, 5.41) is 0. The summed E-state index contributed by atoms with van der Waals surface area (Å²) in [7, 11) is 0. The molecule has 14 heavy (non-hydrogen) atoms. The lowest BCUT2D eigenvalue weighted by Crippen LogP contribution is -2.48. The molecule has 0 radical (unpaired) electrons. The topological polar surface area (TPSA) is 12.5 Å². The van der Waals surface area contributed by atoms with Crippen LogP contribution in [0, 0.1) is 11.8 Å². The van der Waals surface area contributed by atoms with Crippen molar-refractivity contribution in [3.05, 3.63) is 0 Å². The Hall–Kier alpha value is -0.220. The van der Waals surface area contributed by atoms with Crippen LogP contribution in [0.25, 0.3) is 0 Å². The van der Waals surface area contributed by atoms with Gasteiger partial charge in [0, 0.05) is 12.5 Å². The molecule has 2 saturated heterocycles. The molecular formula is C10H17F2NO. The Labute approximate surface area is 83.2 Å². The minimum Gasteiger partial charge on any atom is -0.378 e. The van der Waals surface area contributed by atoms with E-state index in [-0.39, 0.29) is 18.5 Å². The number of hydrogen-bond donors (Lipinski definition) is 0. The van der Waals surface area contributed by atoms with Crippen molar-refractivity contribution in [1.29, 1.82) is 0 Å². The van der Waals surface area contributed by atoms with Gasteiger partial charge in [0.15, 0.2) is 0 Å². The predicted molar refractivity (Wildman–Crippen MR) is 49.5 cm³/mol. The minimum absolute atomic E-state index is 0.0518. The van der Waals surface area contributed by atoms with Gasteiger partial charge < -0.3 is 4.74 Å². The first kappa shape index (κ1) is 10.3. The Kier molecular flexibility index (Phi) is 2.52. The summed E-state index contributed by atoms with van der Waals surface area (Å²) in [4.78, 5) is 1.88. The molecule has 4 heteroatoms. The van der Waals surface area contributed by atoms with Crippen molar-refractivity contribution < 1.29 is 13.5 Å². The first-order chi connectivity index (χ1) is 6.50. The molecule has 1 atom stereocenters. The van der Waals surface area contributed by atoms with Gasteiger partial charge in [0.05, 0.1) is 25.8 Å². The first-order valence-corrected chi connectivity index (χ1v) is 5.20. The van der Waals surface area contributed by atoms with Gasteiger partial charge in [0.25, 0.3) is 5.92 Å². The zero-order valence-electron chi connectivity index (χ0n) is 8.67. The molecule has 0 N–H and O–H groups in total. The van der Waals surface area contributed by atoms with Crippen molar-refractivity contribution in [3.63, 3.8) is 0 Å². The molecule has 2 aliphatic heterocycles. The number of ether oxygens (including phenoxy) is 1. The molecule has 0 amide bonds. The lowest BCUT2D eigenvalue weighted by molar-refractivity contribution is -0.0747. The highest BCUT2D eigenvalue weighted by molar-refractivity contribution is 4.95. The first-order valence-electron chi connectivity index (χ1n) is 5.20. The van der Waals surface area contributed by atoms with Crippen molar-refractivity contribution in [2.45, 2.75) is 25.8 Å². The van der Waals surface area contributed by atoms with Crippen LogP contribution in [-0.4, -0.2) is 43.2 Å². The molecule has 0 saturated carbocycles. The third-order valence-electron chi connectivity index (χ3n) is 3.33. The molecule has 0 bridgehead atoms. The Morgan fingerprint density at radius 2 is 2.00 bits per heavy atom. The lowest BCUT2D eigenvalue weighted by atomic mass is 9.92. The second-order valence-corrected chi connectivity index (χ2v) is 4.73. The zero-order chi connectivity index (χ0) is 10.3. The van der Waals surface area contributed by atoms with Crippen LogP contribution in [0.3, 0.4) is 0 Å². The summed E-state index contributed by atoms with van der Waals surface area (Å²) in [5.74, 6) is -2.94. The van der Waals surface area contributed by atoms with Gasteiger partial charge >= 0.3 is 0 Å². The molecule has 82 valence electrons. The van der Waals surface area contributed by atoms with Crippen LogP contribution in [0.15, 0.2) is 0 Å². The summed E-state index contributed by atoms with van der Waals surface area (Å²) >= 11 is 0. The Balaban J connectivity index is 2.00. The molecule has 0 aromatic rings. The van der Waals surface area contributed by atoms with Crippen LogP contribution in [0.1, 0.15) is 13.8 Å². The fourth-order valence-electron chi connectivity index (χ4n) is 2.25. The third kappa shape index (κ3) is 1.65. The Morgan fingerprint density at radius 3 is 2.36 bits per heavy atom. The second kappa shape index (κ2) is 3.42. The van der Waals surface area contributed by atoms with Gasteiger partial charge in [-0.1, -0.05) is 13.8 Å². The monoisotopic (exact) mass is 205 g/mol. The molecule has 0 spiro atoms. The second-order valence-electron chi connectivity index (χ2n) is 4.73. The highest BCUT2D eigenvalue weighted by atomic mass is 19.3. The average Bonchev–Trinajstić information content (AvgIpc) is 2.21. The van der Waals surface area contributed by atoms with Gasteiger partial charge in [-0.3, -0.25) is 4.90 Å². The van der Waals surface area contributed by atoms with E-state index in [1.54, 1.807) is 0 Å². The fourth-order valence-corrected chi connectivity index (χ4v) is 2.25. The standard InChI is InChI=1S/C10H17F2NO/c1-7(2)9-3-13(6-10(9,11)12)8-4-14-5-8/h7-9H,3-6H2,1-2H3. The number of hydrogen-bond acceptors (Lipinski definition) is 2. The van der Waals surface area contributed by atoms with Gasteiger partial charge in [-0.05, 0) is 5.92 Å². The van der Waals surface area contributed by atoms with Gasteiger partial charge in [-0.2, -0.15) is 0 Å². The van der Waals surface area contributed by atoms with Crippen molar-refractivity contribution in [1.82, 2.24) is 4.90 Å². The molecule has 2 nitrogen and oxygen atoms in total. The molecule has 0 aromatic carbocycles. The van der Waals surface area contributed by atoms with E-state index in [9.17, 15) is 8.78 Å². The average molecular weight is 205 g/mol. The molecule has 1 unspecified atom stereocenters. The van der Waals surface area contributed by atoms with E-state index in [0.29, 0.717) is 19.8 Å². The van der Waals surface area contributed by atoms with E-state index in [4.69, 9.17) is 4.74 Å². The van der Waals surface area contributed by atoms with Crippen LogP contribution < -0.4 is 0 Å². The van der Waals surface area contributed by atoms with Crippen LogP contribution >= 0.6 is 0 Å². The van der Waals surface area contributed by atoms with E-state index >= 15 is 0 Å². The number of likely N-dealkylation sites (tertiary alicyclic amines) is 1. The number of alkyl halides is 2. The van der Waals surface area contributed by atoms with E-state index in [1.807, 2.05) is 18.7 Å². The van der Waals surface area contributed by atoms with Crippen molar-refractivity contribution >= 4 is 0 Å². The van der Waals surface area contributed by atoms with E-state index in [2.05, 4.69) is 0 Å². The van der Waals surface area contributed by atoms with Crippen LogP contribution in [0.5, 0.6) is 0 Å². The smallest absolute Gasteiger partial charge is 0.264 e. The Bertz CT molecular complexity index is 216. The van der Waals surface area contributed by atoms with Gasteiger partial charge in [0.1, 0.15) is 0 Å². The molecule has 2 heterocycles. The van der Waals surface area contributed by atoms with Crippen molar-refractivity contribution in [2.24, 2.45) is 11.8 Å². The molecule has 2 fully saturated rings.